The third-order valence-corrected chi connectivity index (χ3v) is 4.42. The van der Waals surface area contributed by atoms with Crippen LogP contribution in [0.1, 0.15) is 18.9 Å². The quantitative estimate of drug-likeness (QED) is 0.833. The Morgan fingerprint density at radius 1 is 1.28 bits per heavy atom. The van der Waals surface area contributed by atoms with Crippen molar-refractivity contribution < 1.29 is 13.2 Å². The van der Waals surface area contributed by atoms with E-state index in [0.29, 0.717) is 11.4 Å². The zero-order valence-corrected chi connectivity index (χ0v) is 11.4. The van der Waals surface area contributed by atoms with E-state index in [1.165, 1.54) is 6.26 Å². The van der Waals surface area contributed by atoms with Crippen LogP contribution in [0.2, 0.25) is 0 Å². The SMILES string of the molecule is C[C@@H]1CCN(Cc2ccc(S(C)(=O)=O)cc2)C1=O. The van der Waals surface area contributed by atoms with Crippen LogP contribution in [0.4, 0.5) is 0 Å². The summed E-state index contributed by atoms with van der Waals surface area (Å²) < 4.78 is 22.6. The van der Waals surface area contributed by atoms with Gasteiger partial charge in [0, 0.05) is 25.3 Å². The molecule has 0 radical (unpaired) electrons. The van der Waals surface area contributed by atoms with Crippen molar-refractivity contribution in [3.63, 3.8) is 0 Å². The maximum absolute atomic E-state index is 11.8. The fourth-order valence-corrected chi connectivity index (χ4v) is 2.74. The summed E-state index contributed by atoms with van der Waals surface area (Å²) in [6, 6.07) is 6.72. The molecule has 1 aliphatic rings. The van der Waals surface area contributed by atoms with Crippen LogP contribution in [-0.2, 0) is 21.2 Å². The van der Waals surface area contributed by atoms with E-state index < -0.39 is 9.84 Å². The molecule has 4 nitrogen and oxygen atoms in total. The van der Waals surface area contributed by atoms with Gasteiger partial charge in [-0.25, -0.2) is 8.42 Å². The number of nitrogens with zero attached hydrogens (tertiary/aromatic N) is 1. The molecule has 5 heteroatoms. The molecule has 0 N–H and O–H groups in total. The van der Waals surface area contributed by atoms with Gasteiger partial charge in [-0.1, -0.05) is 19.1 Å². The molecule has 0 aliphatic carbocycles. The van der Waals surface area contributed by atoms with Crippen molar-refractivity contribution in [3.8, 4) is 0 Å². The lowest BCUT2D eigenvalue weighted by Gasteiger charge is -2.16. The summed E-state index contributed by atoms with van der Waals surface area (Å²) in [5, 5.41) is 0. The number of benzene rings is 1. The minimum atomic E-state index is -3.15. The maximum atomic E-state index is 11.8. The zero-order chi connectivity index (χ0) is 13.3. The Balaban J connectivity index is 2.10. The smallest absolute Gasteiger partial charge is 0.225 e. The van der Waals surface area contributed by atoms with Gasteiger partial charge >= 0.3 is 0 Å². The normalized spacial score (nSPS) is 20.4. The van der Waals surface area contributed by atoms with Gasteiger partial charge in [0.25, 0.3) is 0 Å². The topological polar surface area (TPSA) is 54.5 Å². The Bertz CT molecular complexity index is 548. The van der Waals surface area contributed by atoms with Crippen molar-refractivity contribution in [2.45, 2.75) is 24.8 Å². The number of likely N-dealkylation sites (tertiary alicyclic amines) is 1. The molecule has 0 saturated carbocycles. The highest BCUT2D eigenvalue weighted by molar-refractivity contribution is 7.90. The van der Waals surface area contributed by atoms with E-state index in [0.717, 1.165) is 18.5 Å². The summed E-state index contributed by atoms with van der Waals surface area (Å²) in [7, 11) is -3.15. The molecule has 1 aromatic carbocycles. The second-order valence-electron chi connectivity index (χ2n) is 4.87. The van der Waals surface area contributed by atoms with Crippen LogP contribution in [-0.4, -0.2) is 32.0 Å². The van der Waals surface area contributed by atoms with Crippen LogP contribution in [0.5, 0.6) is 0 Å². The molecule has 0 aromatic heterocycles. The van der Waals surface area contributed by atoms with E-state index in [1.54, 1.807) is 24.3 Å². The monoisotopic (exact) mass is 267 g/mol. The van der Waals surface area contributed by atoms with Gasteiger partial charge < -0.3 is 4.90 Å². The average molecular weight is 267 g/mol. The summed E-state index contributed by atoms with van der Waals surface area (Å²) in [5.41, 5.74) is 0.963. The Morgan fingerprint density at radius 2 is 1.89 bits per heavy atom. The predicted molar refractivity (Wildman–Crippen MR) is 68.7 cm³/mol. The van der Waals surface area contributed by atoms with E-state index in [2.05, 4.69) is 0 Å². The van der Waals surface area contributed by atoms with Crippen molar-refractivity contribution in [2.75, 3.05) is 12.8 Å². The van der Waals surface area contributed by atoms with Crippen molar-refractivity contribution in [1.82, 2.24) is 4.90 Å². The highest BCUT2D eigenvalue weighted by Gasteiger charge is 2.27. The van der Waals surface area contributed by atoms with E-state index in [4.69, 9.17) is 0 Å². The molecular formula is C13H17NO3S. The van der Waals surface area contributed by atoms with Crippen molar-refractivity contribution in [2.24, 2.45) is 5.92 Å². The van der Waals surface area contributed by atoms with Crippen LogP contribution in [0.25, 0.3) is 0 Å². The molecule has 0 spiro atoms. The molecule has 1 atom stereocenters. The molecular weight excluding hydrogens is 250 g/mol. The number of hydrogen-bond donors (Lipinski definition) is 0. The van der Waals surface area contributed by atoms with Crippen LogP contribution in [0.3, 0.4) is 0 Å². The first kappa shape index (κ1) is 13.1. The van der Waals surface area contributed by atoms with E-state index >= 15 is 0 Å². The van der Waals surface area contributed by atoms with Crippen molar-refractivity contribution in [1.29, 1.82) is 0 Å². The summed E-state index contributed by atoms with van der Waals surface area (Å²) in [5.74, 6) is 0.294. The van der Waals surface area contributed by atoms with E-state index in [-0.39, 0.29) is 11.8 Å². The molecule has 1 aliphatic heterocycles. The molecule has 2 rings (SSSR count). The summed E-state index contributed by atoms with van der Waals surface area (Å²) in [4.78, 5) is 13.9. The van der Waals surface area contributed by atoms with Gasteiger partial charge in [-0.15, -0.1) is 0 Å². The van der Waals surface area contributed by atoms with Gasteiger partial charge in [0.1, 0.15) is 0 Å². The number of hydrogen-bond acceptors (Lipinski definition) is 3. The Kier molecular flexibility index (Phi) is 3.43. The first-order chi connectivity index (χ1) is 8.38. The van der Waals surface area contributed by atoms with Crippen LogP contribution in [0.15, 0.2) is 29.2 Å². The van der Waals surface area contributed by atoms with Crippen molar-refractivity contribution in [3.05, 3.63) is 29.8 Å². The standard InChI is InChI=1S/C13H17NO3S/c1-10-7-8-14(13(10)15)9-11-3-5-12(6-4-11)18(2,16)17/h3-6,10H,7-9H2,1-2H3/t10-/m1/s1. The Morgan fingerprint density at radius 3 is 2.33 bits per heavy atom. The highest BCUT2D eigenvalue weighted by Crippen LogP contribution is 2.20. The van der Waals surface area contributed by atoms with Gasteiger partial charge in [-0.3, -0.25) is 4.79 Å². The lowest BCUT2D eigenvalue weighted by atomic mass is 10.1. The van der Waals surface area contributed by atoms with Gasteiger partial charge in [0.05, 0.1) is 4.90 Å². The molecule has 0 unspecified atom stereocenters. The largest absolute Gasteiger partial charge is 0.338 e. The number of carbonyl (C=O) groups is 1. The molecule has 98 valence electrons. The van der Waals surface area contributed by atoms with Gasteiger partial charge in [-0.2, -0.15) is 0 Å². The summed E-state index contributed by atoms with van der Waals surface area (Å²) >= 11 is 0. The summed E-state index contributed by atoms with van der Waals surface area (Å²) in [6.45, 7) is 3.29. The van der Waals surface area contributed by atoms with E-state index in [1.807, 2.05) is 11.8 Å². The Labute approximate surface area is 108 Å². The molecule has 1 heterocycles. The first-order valence-corrected chi connectivity index (χ1v) is 7.85. The van der Waals surface area contributed by atoms with Gasteiger partial charge in [0.2, 0.25) is 5.91 Å². The molecule has 18 heavy (non-hydrogen) atoms. The predicted octanol–water partition coefficient (Wildman–Crippen LogP) is 1.46. The number of amides is 1. The second-order valence-corrected chi connectivity index (χ2v) is 6.88. The first-order valence-electron chi connectivity index (χ1n) is 5.96. The average Bonchev–Trinajstić information content (AvgIpc) is 2.61. The minimum Gasteiger partial charge on any atom is -0.338 e. The molecule has 1 fully saturated rings. The fraction of sp³-hybridized carbons (Fsp3) is 0.462. The lowest BCUT2D eigenvalue weighted by Crippen LogP contribution is -2.26. The van der Waals surface area contributed by atoms with Crippen LogP contribution >= 0.6 is 0 Å². The van der Waals surface area contributed by atoms with Gasteiger partial charge in [0.15, 0.2) is 9.84 Å². The minimum absolute atomic E-state index is 0.111. The Hall–Kier alpha value is -1.36. The van der Waals surface area contributed by atoms with Gasteiger partial charge in [-0.05, 0) is 24.1 Å². The molecule has 1 saturated heterocycles. The third-order valence-electron chi connectivity index (χ3n) is 3.29. The molecule has 1 aromatic rings. The third kappa shape index (κ3) is 2.72. The van der Waals surface area contributed by atoms with E-state index in [9.17, 15) is 13.2 Å². The number of carbonyl (C=O) groups excluding carboxylic acids is 1. The zero-order valence-electron chi connectivity index (χ0n) is 10.6. The number of sulfone groups is 1. The second kappa shape index (κ2) is 4.72. The highest BCUT2D eigenvalue weighted by atomic mass is 32.2. The fourth-order valence-electron chi connectivity index (χ4n) is 2.11. The van der Waals surface area contributed by atoms with Crippen molar-refractivity contribution >= 4 is 15.7 Å². The maximum Gasteiger partial charge on any atom is 0.225 e. The number of rotatable bonds is 3. The molecule has 1 amide bonds. The summed E-state index contributed by atoms with van der Waals surface area (Å²) in [6.07, 6.45) is 2.09. The van der Waals surface area contributed by atoms with Crippen LogP contribution < -0.4 is 0 Å². The lowest BCUT2D eigenvalue weighted by molar-refractivity contribution is -0.131. The molecule has 0 bridgehead atoms. The van der Waals surface area contributed by atoms with Crippen LogP contribution in [0, 0.1) is 5.92 Å².